The molecule has 0 bridgehead atoms. The number of carbonyl (C=O) groups excluding carboxylic acids is 1. The van der Waals surface area contributed by atoms with Gasteiger partial charge in [-0.3, -0.25) is 4.79 Å². The van der Waals surface area contributed by atoms with Gasteiger partial charge < -0.3 is 15.4 Å². The van der Waals surface area contributed by atoms with Crippen LogP contribution in [0, 0.1) is 5.82 Å². The van der Waals surface area contributed by atoms with Crippen LogP contribution in [-0.4, -0.2) is 30.1 Å². The third-order valence-electron chi connectivity index (χ3n) is 3.48. The molecular formula is C15H15ClFN3O2S. The van der Waals surface area contributed by atoms with E-state index in [1.807, 2.05) is 0 Å². The molecule has 5 nitrogen and oxygen atoms in total. The maximum absolute atomic E-state index is 14.1. The minimum absolute atomic E-state index is 0.128. The molecule has 122 valence electrons. The zero-order valence-corrected chi connectivity index (χ0v) is 13.7. The number of hydrogen-bond donors (Lipinski definition) is 2. The third-order valence-corrected chi connectivity index (χ3v) is 4.46. The summed E-state index contributed by atoms with van der Waals surface area (Å²) in [4.78, 5) is 15.8. The summed E-state index contributed by atoms with van der Waals surface area (Å²) in [6, 6.07) is 4.49. The van der Waals surface area contributed by atoms with Crippen molar-refractivity contribution in [2.75, 3.05) is 23.8 Å². The number of anilines is 2. The Labute approximate surface area is 141 Å². The van der Waals surface area contributed by atoms with Gasteiger partial charge in [0.05, 0.1) is 11.8 Å². The summed E-state index contributed by atoms with van der Waals surface area (Å²) < 4.78 is 19.9. The number of thiazole rings is 1. The molecule has 1 aromatic heterocycles. The van der Waals surface area contributed by atoms with Crippen LogP contribution < -0.4 is 10.6 Å². The number of benzene rings is 1. The molecule has 2 aromatic rings. The molecule has 2 heterocycles. The molecule has 1 unspecified atom stereocenters. The predicted octanol–water partition coefficient (Wildman–Crippen LogP) is 3.78. The fourth-order valence-corrected chi connectivity index (χ4v) is 3.06. The highest BCUT2D eigenvalue weighted by molar-refractivity contribution is 7.14. The number of carbonyl (C=O) groups is 1. The molecular weight excluding hydrogens is 341 g/mol. The van der Waals surface area contributed by atoms with Crippen molar-refractivity contribution in [1.29, 1.82) is 0 Å². The molecule has 3 rings (SSSR count). The Morgan fingerprint density at radius 3 is 3.04 bits per heavy atom. The van der Waals surface area contributed by atoms with Crippen LogP contribution in [0.25, 0.3) is 0 Å². The van der Waals surface area contributed by atoms with Crippen molar-refractivity contribution in [3.63, 3.8) is 0 Å². The number of rotatable bonds is 5. The molecule has 0 saturated carbocycles. The van der Waals surface area contributed by atoms with E-state index in [1.165, 1.54) is 17.4 Å². The summed E-state index contributed by atoms with van der Waals surface area (Å²) in [5.41, 5.74) is 0.954. The molecule has 1 fully saturated rings. The highest BCUT2D eigenvalue weighted by Gasteiger charge is 2.16. The fraction of sp³-hybridized carbons (Fsp3) is 0.333. The van der Waals surface area contributed by atoms with Crippen LogP contribution in [0.1, 0.15) is 23.3 Å². The highest BCUT2D eigenvalue weighted by Crippen LogP contribution is 2.21. The molecule has 1 atom stereocenters. The summed E-state index contributed by atoms with van der Waals surface area (Å²) in [6.07, 6.45) is 2.16. The largest absolute Gasteiger partial charge is 0.380 e. The molecule has 1 saturated heterocycles. The van der Waals surface area contributed by atoms with E-state index in [9.17, 15) is 9.18 Å². The first-order chi connectivity index (χ1) is 11.1. The van der Waals surface area contributed by atoms with E-state index in [2.05, 4.69) is 15.6 Å². The second-order valence-electron chi connectivity index (χ2n) is 5.15. The molecule has 2 N–H and O–H groups in total. The van der Waals surface area contributed by atoms with Gasteiger partial charge in [-0.25, -0.2) is 9.37 Å². The van der Waals surface area contributed by atoms with Gasteiger partial charge in [-0.2, -0.15) is 0 Å². The Morgan fingerprint density at radius 2 is 2.39 bits per heavy atom. The van der Waals surface area contributed by atoms with Crippen molar-refractivity contribution in [2.24, 2.45) is 0 Å². The molecule has 0 radical (unpaired) electrons. The molecule has 8 heteroatoms. The maximum Gasteiger partial charge on any atom is 0.275 e. The maximum atomic E-state index is 14.1. The Bertz CT molecular complexity index is 704. The number of hydrogen-bond acceptors (Lipinski definition) is 5. The molecule has 1 aliphatic heterocycles. The van der Waals surface area contributed by atoms with Gasteiger partial charge in [0.25, 0.3) is 5.91 Å². The van der Waals surface area contributed by atoms with Gasteiger partial charge in [0, 0.05) is 24.2 Å². The molecule has 1 aromatic carbocycles. The third kappa shape index (κ3) is 4.19. The van der Waals surface area contributed by atoms with Gasteiger partial charge in [-0.15, -0.1) is 11.3 Å². The number of nitrogens with zero attached hydrogens (tertiary/aromatic N) is 1. The second kappa shape index (κ2) is 7.25. The van der Waals surface area contributed by atoms with Crippen LogP contribution in [-0.2, 0) is 4.74 Å². The van der Waals surface area contributed by atoms with Crippen LogP contribution in [0.15, 0.2) is 23.6 Å². The van der Waals surface area contributed by atoms with Crippen molar-refractivity contribution >= 4 is 40.2 Å². The summed E-state index contributed by atoms with van der Waals surface area (Å²) in [7, 11) is 0. The van der Waals surface area contributed by atoms with Crippen molar-refractivity contribution in [1.82, 2.24) is 4.98 Å². The Morgan fingerprint density at radius 1 is 1.52 bits per heavy atom. The molecule has 23 heavy (non-hydrogen) atoms. The minimum Gasteiger partial charge on any atom is -0.380 e. The predicted molar refractivity (Wildman–Crippen MR) is 88.9 cm³/mol. The zero-order valence-electron chi connectivity index (χ0n) is 12.1. The summed E-state index contributed by atoms with van der Waals surface area (Å²) >= 11 is 6.86. The van der Waals surface area contributed by atoms with E-state index in [1.54, 1.807) is 17.5 Å². The first kappa shape index (κ1) is 16.2. The number of aromatic nitrogens is 1. The first-order valence-electron chi connectivity index (χ1n) is 7.19. The summed E-state index contributed by atoms with van der Waals surface area (Å²) in [6.45, 7) is 1.33. The van der Waals surface area contributed by atoms with E-state index in [-0.39, 0.29) is 16.3 Å². The Hall–Kier alpha value is -1.70. The lowest BCUT2D eigenvalue weighted by atomic mass is 10.2. The van der Waals surface area contributed by atoms with Crippen molar-refractivity contribution in [3.05, 3.63) is 39.6 Å². The van der Waals surface area contributed by atoms with Gasteiger partial charge in [-0.1, -0.05) is 11.6 Å². The molecule has 0 spiro atoms. The first-order valence-corrected chi connectivity index (χ1v) is 8.45. The smallest absolute Gasteiger partial charge is 0.275 e. The number of halogens is 2. The zero-order chi connectivity index (χ0) is 16.2. The van der Waals surface area contributed by atoms with Crippen molar-refractivity contribution in [3.8, 4) is 0 Å². The standard InChI is InChI=1S/C15H15ClFN3O2S/c16-15-20-13(8-23-15)14(21)19-9-3-4-12(11(17)6-9)18-7-10-2-1-5-22-10/h3-4,6,8,10,18H,1-2,5,7H2,(H,19,21). The lowest BCUT2D eigenvalue weighted by Crippen LogP contribution is -2.19. The average molecular weight is 356 g/mol. The van der Waals surface area contributed by atoms with Crippen LogP contribution >= 0.6 is 22.9 Å². The lowest BCUT2D eigenvalue weighted by molar-refractivity contribution is 0.102. The van der Waals surface area contributed by atoms with E-state index < -0.39 is 11.7 Å². The average Bonchev–Trinajstić information content (AvgIpc) is 3.18. The van der Waals surface area contributed by atoms with Crippen LogP contribution in [0.3, 0.4) is 0 Å². The topological polar surface area (TPSA) is 63.2 Å². The summed E-state index contributed by atoms with van der Waals surface area (Å²) in [5, 5.41) is 7.17. The van der Waals surface area contributed by atoms with Gasteiger partial charge in [0.2, 0.25) is 0 Å². The Kier molecular flexibility index (Phi) is 5.09. The van der Waals surface area contributed by atoms with E-state index in [4.69, 9.17) is 16.3 Å². The van der Waals surface area contributed by atoms with Gasteiger partial charge in [0.15, 0.2) is 4.47 Å². The van der Waals surface area contributed by atoms with E-state index in [0.717, 1.165) is 19.4 Å². The molecule has 1 amide bonds. The SMILES string of the molecule is O=C(Nc1ccc(NCC2CCCO2)c(F)c1)c1csc(Cl)n1. The summed E-state index contributed by atoms with van der Waals surface area (Å²) in [5.74, 6) is -0.857. The fourth-order valence-electron chi connectivity index (χ4n) is 2.32. The van der Waals surface area contributed by atoms with E-state index in [0.29, 0.717) is 17.9 Å². The van der Waals surface area contributed by atoms with Gasteiger partial charge in [0.1, 0.15) is 11.5 Å². The number of nitrogens with one attached hydrogen (secondary N) is 2. The van der Waals surface area contributed by atoms with E-state index >= 15 is 0 Å². The molecule has 1 aliphatic rings. The number of ether oxygens (including phenoxy) is 1. The normalized spacial score (nSPS) is 17.2. The second-order valence-corrected chi connectivity index (χ2v) is 6.59. The van der Waals surface area contributed by atoms with Gasteiger partial charge in [-0.05, 0) is 31.0 Å². The minimum atomic E-state index is -0.433. The number of amides is 1. The van der Waals surface area contributed by atoms with Crippen molar-refractivity contribution < 1.29 is 13.9 Å². The lowest BCUT2D eigenvalue weighted by Gasteiger charge is -2.13. The van der Waals surface area contributed by atoms with Crippen LogP contribution in [0.2, 0.25) is 4.47 Å². The highest BCUT2D eigenvalue weighted by atomic mass is 35.5. The van der Waals surface area contributed by atoms with Crippen molar-refractivity contribution in [2.45, 2.75) is 18.9 Å². The van der Waals surface area contributed by atoms with Gasteiger partial charge >= 0.3 is 0 Å². The van der Waals surface area contributed by atoms with Crippen LogP contribution in [0.5, 0.6) is 0 Å². The molecule has 0 aliphatic carbocycles. The quantitative estimate of drug-likeness (QED) is 0.856. The monoisotopic (exact) mass is 355 g/mol. The Balaban J connectivity index is 1.60. The van der Waals surface area contributed by atoms with Crippen LogP contribution in [0.4, 0.5) is 15.8 Å².